The van der Waals surface area contributed by atoms with Crippen LogP contribution in [0.1, 0.15) is 32.1 Å². The molecule has 0 radical (unpaired) electrons. The van der Waals surface area contributed by atoms with Crippen molar-refractivity contribution in [1.82, 2.24) is 5.32 Å². The summed E-state index contributed by atoms with van der Waals surface area (Å²) in [4.78, 5) is 10.5. The van der Waals surface area contributed by atoms with Crippen LogP contribution < -0.4 is 16.8 Å². The summed E-state index contributed by atoms with van der Waals surface area (Å²) in [5.41, 5.74) is 10.7. The van der Waals surface area contributed by atoms with Crippen LogP contribution in [0.4, 0.5) is 0 Å². The molecule has 12 heavy (non-hydrogen) atoms. The molecule has 0 spiro atoms. The van der Waals surface area contributed by atoms with Gasteiger partial charge in [-0.3, -0.25) is 10.1 Å². The van der Waals surface area contributed by atoms with Crippen molar-refractivity contribution in [2.75, 3.05) is 6.54 Å². The average Bonchev–Trinajstić information content (AvgIpc) is 2.03. The quantitative estimate of drug-likeness (QED) is 0.509. The summed E-state index contributed by atoms with van der Waals surface area (Å²) >= 11 is 0. The molecule has 5 N–H and O–H groups in total. The highest BCUT2D eigenvalue weighted by Gasteiger charge is 2.26. The highest BCUT2D eigenvalue weighted by atomic mass is 16.1. The van der Waals surface area contributed by atoms with E-state index in [2.05, 4.69) is 5.32 Å². The average molecular weight is 171 g/mol. The van der Waals surface area contributed by atoms with E-state index in [-0.39, 0.29) is 18.1 Å². The first-order valence-corrected chi connectivity index (χ1v) is 4.45. The molecule has 1 amide bonds. The van der Waals surface area contributed by atoms with Crippen molar-refractivity contribution >= 4 is 5.91 Å². The van der Waals surface area contributed by atoms with Crippen molar-refractivity contribution in [2.24, 2.45) is 11.5 Å². The fourth-order valence-corrected chi connectivity index (χ4v) is 1.62. The second kappa shape index (κ2) is 3.87. The molecular weight excluding hydrogens is 154 g/mol. The molecule has 1 aliphatic rings. The van der Waals surface area contributed by atoms with Gasteiger partial charge in [-0.05, 0) is 12.8 Å². The number of carbonyl (C=O) groups is 1. The minimum atomic E-state index is -0.342. The van der Waals surface area contributed by atoms with Crippen molar-refractivity contribution in [3.8, 4) is 0 Å². The van der Waals surface area contributed by atoms with Crippen molar-refractivity contribution in [3.05, 3.63) is 0 Å². The summed E-state index contributed by atoms with van der Waals surface area (Å²) < 4.78 is 0. The first-order chi connectivity index (χ1) is 5.62. The first kappa shape index (κ1) is 9.48. The van der Waals surface area contributed by atoms with Gasteiger partial charge in [0.2, 0.25) is 5.91 Å². The third-order valence-corrected chi connectivity index (χ3v) is 2.36. The monoisotopic (exact) mass is 171 g/mol. The van der Waals surface area contributed by atoms with E-state index in [0.717, 1.165) is 25.7 Å². The Hall–Kier alpha value is -0.610. The van der Waals surface area contributed by atoms with Crippen LogP contribution in [0.3, 0.4) is 0 Å². The van der Waals surface area contributed by atoms with Crippen molar-refractivity contribution in [2.45, 2.75) is 37.8 Å². The molecule has 4 heteroatoms. The second-order valence-electron chi connectivity index (χ2n) is 3.54. The maximum atomic E-state index is 10.5. The zero-order chi connectivity index (χ0) is 9.03. The lowest BCUT2D eigenvalue weighted by atomic mass is 9.90. The van der Waals surface area contributed by atoms with Crippen LogP contribution >= 0.6 is 0 Å². The van der Waals surface area contributed by atoms with E-state index in [4.69, 9.17) is 11.5 Å². The van der Waals surface area contributed by atoms with Gasteiger partial charge in [-0.25, -0.2) is 0 Å². The number of rotatable bonds is 3. The third-order valence-electron chi connectivity index (χ3n) is 2.36. The van der Waals surface area contributed by atoms with E-state index in [1.165, 1.54) is 6.42 Å². The van der Waals surface area contributed by atoms with Gasteiger partial charge in [0.05, 0.1) is 12.2 Å². The topological polar surface area (TPSA) is 81.1 Å². The lowest BCUT2D eigenvalue weighted by Gasteiger charge is -2.33. The Bertz CT molecular complexity index is 164. The Morgan fingerprint density at radius 3 is 2.42 bits per heavy atom. The Labute approximate surface area is 72.7 Å². The minimum absolute atomic E-state index is 0.191. The van der Waals surface area contributed by atoms with Crippen LogP contribution in [0.5, 0.6) is 0 Å². The van der Waals surface area contributed by atoms with Gasteiger partial charge in [0.25, 0.3) is 0 Å². The third kappa shape index (κ3) is 2.79. The SMILES string of the molecule is NC(=O)CNC1(N)CCCCC1. The van der Waals surface area contributed by atoms with Gasteiger partial charge in [0.15, 0.2) is 0 Å². The molecule has 4 nitrogen and oxygen atoms in total. The summed E-state index contributed by atoms with van der Waals surface area (Å²) in [5, 5.41) is 3.00. The summed E-state index contributed by atoms with van der Waals surface area (Å²) in [6, 6.07) is 0. The predicted molar refractivity (Wildman–Crippen MR) is 47.2 cm³/mol. The maximum absolute atomic E-state index is 10.5. The molecule has 1 aliphatic carbocycles. The van der Waals surface area contributed by atoms with E-state index in [9.17, 15) is 4.79 Å². The van der Waals surface area contributed by atoms with Crippen molar-refractivity contribution in [1.29, 1.82) is 0 Å². The molecule has 0 heterocycles. The molecule has 1 fully saturated rings. The van der Waals surface area contributed by atoms with Crippen molar-refractivity contribution in [3.63, 3.8) is 0 Å². The zero-order valence-electron chi connectivity index (χ0n) is 7.31. The van der Waals surface area contributed by atoms with Gasteiger partial charge in [-0.2, -0.15) is 0 Å². The Morgan fingerprint density at radius 1 is 1.33 bits per heavy atom. The molecule has 0 bridgehead atoms. The molecule has 70 valence electrons. The first-order valence-electron chi connectivity index (χ1n) is 4.45. The highest BCUT2D eigenvalue weighted by molar-refractivity contribution is 5.75. The minimum Gasteiger partial charge on any atom is -0.369 e. The van der Waals surface area contributed by atoms with Gasteiger partial charge < -0.3 is 11.5 Å². The molecule has 0 aromatic heterocycles. The normalized spacial score (nSPS) is 22.1. The number of hydrogen-bond donors (Lipinski definition) is 3. The molecule has 0 aromatic rings. The van der Waals surface area contributed by atoms with Gasteiger partial charge in [-0.15, -0.1) is 0 Å². The van der Waals surface area contributed by atoms with Crippen molar-refractivity contribution < 1.29 is 4.79 Å². The van der Waals surface area contributed by atoms with E-state index in [0.29, 0.717) is 0 Å². The number of nitrogens with one attached hydrogen (secondary N) is 1. The van der Waals surface area contributed by atoms with Crippen LogP contribution in [-0.4, -0.2) is 18.1 Å². The molecule has 1 saturated carbocycles. The van der Waals surface area contributed by atoms with Gasteiger partial charge >= 0.3 is 0 Å². The zero-order valence-corrected chi connectivity index (χ0v) is 7.31. The molecule has 0 unspecified atom stereocenters. The molecule has 0 aromatic carbocycles. The van der Waals surface area contributed by atoms with E-state index < -0.39 is 0 Å². The summed E-state index contributed by atoms with van der Waals surface area (Å²) in [6.45, 7) is 0.191. The van der Waals surface area contributed by atoms with Crippen LogP contribution in [0.25, 0.3) is 0 Å². The van der Waals surface area contributed by atoms with Gasteiger partial charge in [0, 0.05) is 0 Å². The largest absolute Gasteiger partial charge is 0.369 e. The smallest absolute Gasteiger partial charge is 0.231 e. The molecular formula is C8H17N3O. The van der Waals surface area contributed by atoms with E-state index in [1.807, 2.05) is 0 Å². The van der Waals surface area contributed by atoms with Gasteiger partial charge in [-0.1, -0.05) is 19.3 Å². The van der Waals surface area contributed by atoms with Crippen LogP contribution in [0, 0.1) is 0 Å². The van der Waals surface area contributed by atoms with E-state index >= 15 is 0 Å². The molecule has 0 aliphatic heterocycles. The fourth-order valence-electron chi connectivity index (χ4n) is 1.62. The lowest BCUT2D eigenvalue weighted by Crippen LogP contribution is -2.56. The fraction of sp³-hybridized carbons (Fsp3) is 0.875. The Kier molecular flexibility index (Phi) is 3.05. The summed E-state index contributed by atoms with van der Waals surface area (Å²) in [7, 11) is 0. The van der Waals surface area contributed by atoms with Crippen LogP contribution in [-0.2, 0) is 4.79 Å². The number of carbonyl (C=O) groups excluding carboxylic acids is 1. The molecule has 1 rings (SSSR count). The van der Waals surface area contributed by atoms with E-state index in [1.54, 1.807) is 0 Å². The molecule has 0 atom stereocenters. The number of primary amides is 1. The summed E-state index contributed by atoms with van der Waals surface area (Å²) in [5.74, 6) is -0.342. The standard InChI is InChI=1S/C8H17N3O/c9-7(12)6-11-8(10)4-2-1-3-5-8/h11H,1-6,10H2,(H2,9,12). The second-order valence-corrected chi connectivity index (χ2v) is 3.54. The van der Waals surface area contributed by atoms with Gasteiger partial charge in [0.1, 0.15) is 0 Å². The van der Waals surface area contributed by atoms with Crippen LogP contribution in [0.15, 0.2) is 0 Å². The predicted octanol–water partition coefficient (Wildman–Crippen LogP) is -0.320. The maximum Gasteiger partial charge on any atom is 0.231 e. The number of nitrogens with two attached hydrogens (primary N) is 2. The summed E-state index contributed by atoms with van der Waals surface area (Å²) in [6.07, 6.45) is 5.42. The molecule has 0 saturated heterocycles. The number of amides is 1. The number of hydrogen-bond acceptors (Lipinski definition) is 3. The highest BCUT2D eigenvalue weighted by Crippen LogP contribution is 2.22. The van der Waals surface area contributed by atoms with Crippen LogP contribution in [0.2, 0.25) is 0 Å². The Morgan fingerprint density at radius 2 is 1.92 bits per heavy atom. The lowest BCUT2D eigenvalue weighted by molar-refractivity contribution is -0.117. The Balaban J connectivity index is 2.31.